The maximum absolute atomic E-state index is 2.39. The molecular formula is C67H54N4. The van der Waals surface area contributed by atoms with Gasteiger partial charge in [-0.2, -0.15) is 0 Å². The first-order chi connectivity index (χ1) is 35.2. The summed E-state index contributed by atoms with van der Waals surface area (Å²) in [6.07, 6.45) is 9.72. The van der Waals surface area contributed by atoms with Crippen molar-refractivity contribution in [1.82, 2.24) is 0 Å². The summed E-state index contributed by atoms with van der Waals surface area (Å²) in [5.74, 6) is 0. The maximum atomic E-state index is 2.39. The Morgan fingerprint density at radius 1 is 0.254 bits per heavy atom. The molecule has 4 heteroatoms. The Kier molecular flexibility index (Phi) is 12.9. The fourth-order valence-electron chi connectivity index (χ4n) is 9.57. The van der Waals surface area contributed by atoms with E-state index in [0.29, 0.717) is 0 Å². The molecule has 0 aliphatic carbocycles. The third-order valence-electron chi connectivity index (χ3n) is 13.1. The maximum Gasteiger partial charge on any atom is 0.0468 e. The Morgan fingerprint density at radius 2 is 0.535 bits per heavy atom. The molecule has 0 radical (unpaired) electrons. The average molecular weight is 915 g/mol. The largest absolute Gasteiger partial charge is 0.338 e. The van der Waals surface area contributed by atoms with E-state index in [2.05, 4.69) is 312 Å². The predicted molar refractivity (Wildman–Crippen MR) is 305 cm³/mol. The van der Waals surface area contributed by atoms with Gasteiger partial charge >= 0.3 is 0 Å². The van der Waals surface area contributed by atoms with Crippen LogP contribution in [-0.4, -0.2) is 6.54 Å². The zero-order valence-corrected chi connectivity index (χ0v) is 39.8. The number of hydrogen-bond donors (Lipinski definition) is 0. The highest BCUT2D eigenvalue weighted by molar-refractivity contribution is 5.92. The first-order valence-electron chi connectivity index (χ1n) is 24.5. The quantitative estimate of drug-likeness (QED) is 0.0950. The fourth-order valence-corrected chi connectivity index (χ4v) is 9.57. The SMILES string of the molecule is CC/C=C\C=C/CN(c1ccc(N(c2ccc(N(c3ccccc3)c3ccc4ccccc4c3)cc2)c2ccc(N(c3ccccc3)c3ccc4ccccc4c3)cc2)cc1)c1ccc2ccccc2c1. The third kappa shape index (κ3) is 9.65. The van der Waals surface area contributed by atoms with Crippen molar-refractivity contribution in [1.29, 1.82) is 0 Å². The minimum atomic E-state index is 0.725. The van der Waals surface area contributed by atoms with E-state index in [4.69, 9.17) is 0 Å². The number of allylic oxidation sites excluding steroid dienone is 3. The molecule has 11 rings (SSSR count). The molecule has 0 fully saturated rings. The van der Waals surface area contributed by atoms with Crippen molar-refractivity contribution in [3.8, 4) is 0 Å². The van der Waals surface area contributed by atoms with Gasteiger partial charge in [-0.1, -0.05) is 159 Å². The molecule has 0 aliphatic rings. The van der Waals surface area contributed by atoms with Crippen LogP contribution < -0.4 is 19.6 Å². The number of para-hydroxylation sites is 2. The van der Waals surface area contributed by atoms with Crippen LogP contribution in [0.5, 0.6) is 0 Å². The van der Waals surface area contributed by atoms with Gasteiger partial charge in [-0.15, -0.1) is 0 Å². The minimum Gasteiger partial charge on any atom is -0.338 e. The van der Waals surface area contributed by atoms with E-state index in [0.717, 1.165) is 75.5 Å². The summed E-state index contributed by atoms with van der Waals surface area (Å²) in [5, 5.41) is 7.30. The molecule has 0 aliphatic heterocycles. The summed E-state index contributed by atoms with van der Waals surface area (Å²) in [7, 11) is 0. The number of rotatable bonds is 15. The van der Waals surface area contributed by atoms with Crippen molar-refractivity contribution in [2.75, 3.05) is 26.1 Å². The molecule has 0 heterocycles. The summed E-state index contributed by atoms with van der Waals surface area (Å²) >= 11 is 0. The Hall–Kier alpha value is -9.12. The molecule has 0 bridgehead atoms. The molecular weight excluding hydrogens is 861 g/mol. The standard InChI is InChI=1S/C67H54N4/c1-2-3-4-5-18-47-68(65-32-29-51-19-12-15-22-54(51)48-65)57-35-37-60(38-36-57)69(61-39-43-63(44-40-61)70(58-25-8-6-9-26-58)66-33-30-52-20-13-16-23-55(52)49-66)62-41-45-64(46-42-62)71(59-27-10-7-11-28-59)67-34-31-53-21-14-17-24-56(53)50-67/h3-46,48-50H,2,47H2,1H3/b4-3-,18-5-. The first kappa shape index (κ1) is 44.4. The number of hydrogen-bond acceptors (Lipinski definition) is 4. The Labute approximate surface area is 417 Å². The molecule has 0 saturated carbocycles. The highest BCUT2D eigenvalue weighted by Gasteiger charge is 2.19. The van der Waals surface area contributed by atoms with Crippen LogP contribution in [0.1, 0.15) is 13.3 Å². The zero-order valence-electron chi connectivity index (χ0n) is 39.8. The molecule has 0 amide bonds. The molecule has 11 aromatic carbocycles. The highest BCUT2D eigenvalue weighted by Crippen LogP contribution is 2.43. The van der Waals surface area contributed by atoms with E-state index < -0.39 is 0 Å². The van der Waals surface area contributed by atoms with Crippen LogP contribution >= 0.6 is 0 Å². The molecule has 342 valence electrons. The van der Waals surface area contributed by atoms with Crippen LogP contribution in [0.4, 0.5) is 62.6 Å². The van der Waals surface area contributed by atoms with Gasteiger partial charge in [0.25, 0.3) is 0 Å². The van der Waals surface area contributed by atoms with Gasteiger partial charge in [0, 0.05) is 69.1 Å². The number of benzene rings is 11. The molecule has 0 spiro atoms. The summed E-state index contributed by atoms with van der Waals surface area (Å²) in [4.78, 5) is 9.42. The smallest absolute Gasteiger partial charge is 0.0468 e. The molecule has 0 atom stereocenters. The number of nitrogens with zero attached hydrogens (tertiary/aromatic N) is 4. The van der Waals surface area contributed by atoms with Gasteiger partial charge in [0.1, 0.15) is 0 Å². The third-order valence-corrected chi connectivity index (χ3v) is 13.1. The molecule has 0 saturated heterocycles. The van der Waals surface area contributed by atoms with Crippen LogP contribution in [0.15, 0.2) is 285 Å². The van der Waals surface area contributed by atoms with E-state index in [1.54, 1.807) is 0 Å². The monoisotopic (exact) mass is 914 g/mol. The van der Waals surface area contributed by atoms with Gasteiger partial charge in [-0.25, -0.2) is 0 Å². The second kappa shape index (κ2) is 20.6. The summed E-state index contributed by atoms with van der Waals surface area (Å²) in [5.41, 5.74) is 12.0. The topological polar surface area (TPSA) is 13.0 Å². The lowest BCUT2D eigenvalue weighted by Crippen LogP contribution is -2.17. The molecule has 71 heavy (non-hydrogen) atoms. The molecule has 4 nitrogen and oxygen atoms in total. The van der Waals surface area contributed by atoms with E-state index in [-0.39, 0.29) is 0 Å². The van der Waals surface area contributed by atoms with Crippen molar-refractivity contribution in [2.45, 2.75) is 13.3 Å². The lowest BCUT2D eigenvalue weighted by Gasteiger charge is -2.30. The van der Waals surface area contributed by atoms with Gasteiger partial charge < -0.3 is 19.6 Å². The van der Waals surface area contributed by atoms with Crippen molar-refractivity contribution in [3.05, 3.63) is 285 Å². The van der Waals surface area contributed by atoms with Gasteiger partial charge in [0.2, 0.25) is 0 Å². The molecule has 0 N–H and O–H groups in total. The molecule has 0 aromatic heterocycles. The van der Waals surface area contributed by atoms with Crippen LogP contribution in [0, 0.1) is 0 Å². The summed E-state index contributed by atoms with van der Waals surface area (Å²) in [6, 6.07) is 94.1. The number of fused-ring (bicyclic) bond motifs is 3. The van der Waals surface area contributed by atoms with Crippen LogP contribution in [0.2, 0.25) is 0 Å². The highest BCUT2D eigenvalue weighted by atomic mass is 15.2. The zero-order chi connectivity index (χ0) is 47.8. The number of anilines is 11. The van der Waals surface area contributed by atoms with Gasteiger partial charge in [0.05, 0.1) is 0 Å². The fraction of sp³-hybridized carbons (Fsp3) is 0.0448. The van der Waals surface area contributed by atoms with Gasteiger partial charge in [-0.05, 0) is 172 Å². The minimum absolute atomic E-state index is 0.725. The van der Waals surface area contributed by atoms with Crippen molar-refractivity contribution >= 4 is 94.9 Å². The van der Waals surface area contributed by atoms with E-state index in [1.165, 1.54) is 32.3 Å². The first-order valence-corrected chi connectivity index (χ1v) is 24.5. The van der Waals surface area contributed by atoms with E-state index in [9.17, 15) is 0 Å². The van der Waals surface area contributed by atoms with Crippen LogP contribution in [0.3, 0.4) is 0 Å². The normalized spacial score (nSPS) is 11.5. The van der Waals surface area contributed by atoms with Gasteiger partial charge in [0.15, 0.2) is 0 Å². The second-order valence-corrected chi connectivity index (χ2v) is 17.7. The van der Waals surface area contributed by atoms with Gasteiger partial charge in [-0.3, -0.25) is 0 Å². The predicted octanol–water partition coefficient (Wildman–Crippen LogP) is 19.2. The second-order valence-electron chi connectivity index (χ2n) is 17.7. The lowest BCUT2D eigenvalue weighted by atomic mass is 10.1. The Bertz CT molecular complexity index is 3440. The van der Waals surface area contributed by atoms with Crippen molar-refractivity contribution in [3.63, 3.8) is 0 Å². The summed E-state index contributed by atoms with van der Waals surface area (Å²) < 4.78 is 0. The van der Waals surface area contributed by atoms with Crippen molar-refractivity contribution in [2.24, 2.45) is 0 Å². The lowest BCUT2D eigenvalue weighted by molar-refractivity contribution is 1.10. The van der Waals surface area contributed by atoms with Crippen LogP contribution in [0.25, 0.3) is 32.3 Å². The van der Waals surface area contributed by atoms with Crippen LogP contribution in [-0.2, 0) is 0 Å². The summed E-state index contributed by atoms with van der Waals surface area (Å²) in [6.45, 7) is 2.89. The van der Waals surface area contributed by atoms with E-state index >= 15 is 0 Å². The Balaban J connectivity index is 0.998. The van der Waals surface area contributed by atoms with E-state index in [1.807, 2.05) is 0 Å². The Morgan fingerprint density at radius 3 is 0.930 bits per heavy atom. The molecule has 0 unspecified atom stereocenters. The average Bonchev–Trinajstić information content (AvgIpc) is 3.43. The molecule has 11 aromatic rings. The van der Waals surface area contributed by atoms with Crippen molar-refractivity contribution < 1.29 is 0 Å².